The molecule has 1 heterocycles. The highest BCUT2D eigenvalue weighted by atomic mass is 19.1. The molecule has 0 radical (unpaired) electrons. The molecule has 0 aromatic heterocycles. The zero-order valence-electron chi connectivity index (χ0n) is 12.2. The van der Waals surface area contributed by atoms with Crippen molar-refractivity contribution in [2.24, 2.45) is 0 Å². The van der Waals surface area contributed by atoms with E-state index in [9.17, 15) is 9.50 Å². The van der Waals surface area contributed by atoms with Gasteiger partial charge >= 0.3 is 0 Å². The van der Waals surface area contributed by atoms with Crippen molar-refractivity contribution in [2.45, 2.75) is 38.3 Å². The number of nitrogens with zero attached hydrogens (tertiary/aromatic N) is 1. The molecular formula is C16H25FN2O. The Morgan fingerprint density at radius 1 is 1.40 bits per heavy atom. The number of aliphatic hydroxyl groups excluding tert-OH is 1. The minimum atomic E-state index is -0.639. The van der Waals surface area contributed by atoms with Crippen molar-refractivity contribution in [1.82, 2.24) is 10.2 Å². The monoisotopic (exact) mass is 280 g/mol. The van der Waals surface area contributed by atoms with Crippen molar-refractivity contribution < 1.29 is 9.50 Å². The lowest BCUT2D eigenvalue weighted by molar-refractivity contribution is 0.151. The van der Waals surface area contributed by atoms with Crippen LogP contribution in [0.2, 0.25) is 0 Å². The van der Waals surface area contributed by atoms with Gasteiger partial charge in [0.2, 0.25) is 0 Å². The minimum absolute atomic E-state index is 0.297. The Bertz CT molecular complexity index is 405. The number of hydrogen-bond acceptors (Lipinski definition) is 3. The fraction of sp³-hybridized carbons (Fsp3) is 0.625. The first-order valence-corrected chi connectivity index (χ1v) is 7.58. The highest BCUT2D eigenvalue weighted by molar-refractivity contribution is 5.19. The van der Waals surface area contributed by atoms with Crippen LogP contribution in [0.25, 0.3) is 0 Å². The summed E-state index contributed by atoms with van der Waals surface area (Å²) in [5, 5.41) is 13.5. The highest BCUT2D eigenvalue weighted by Crippen LogP contribution is 2.15. The number of aliphatic hydroxyl groups is 1. The van der Waals surface area contributed by atoms with Crippen molar-refractivity contribution >= 4 is 0 Å². The largest absolute Gasteiger partial charge is 0.387 e. The summed E-state index contributed by atoms with van der Waals surface area (Å²) < 4.78 is 13.1. The van der Waals surface area contributed by atoms with Crippen LogP contribution >= 0.6 is 0 Å². The molecule has 1 saturated heterocycles. The van der Waals surface area contributed by atoms with Gasteiger partial charge in [-0.25, -0.2) is 4.39 Å². The van der Waals surface area contributed by atoms with E-state index in [0.29, 0.717) is 18.2 Å². The standard InChI is InChI=1S/C16H25FN2O/c1-2-8-19-9-6-15(7-10-19)18-12-16(20)13-4-3-5-14(17)11-13/h3-5,11,15-16,18,20H,2,6-10,12H2,1H3. The van der Waals surface area contributed by atoms with Crippen LogP contribution in [0.4, 0.5) is 4.39 Å². The van der Waals surface area contributed by atoms with Gasteiger partial charge in [-0.05, 0) is 56.6 Å². The molecule has 0 aliphatic carbocycles. The quantitative estimate of drug-likeness (QED) is 0.839. The maximum absolute atomic E-state index is 13.1. The van der Waals surface area contributed by atoms with Crippen LogP contribution in [0, 0.1) is 5.82 Å². The fourth-order valence-electron chi connectivity index (χ4n) is 2.79. The second-order valence-corrected chi connectivity index (χ2v) is 5.59. The summed E-state index contributed by atoms with van der Waals surface area (Å²) in [5.74, 6) is -0.297. The summed E-state index contributed by atoms with van der Waals surface area (Å²) in [6, 6.07) is 6.66. The first-order chi connectivity index (χ1) is 9.69. The molecule has 1 atom stereocenters. The molecule has 112 valence electrons. The van der Waals surface area contributed by atoms with Crippen molar-refractivity contribution in [1.29, 1.82) is 0 Å². The van der Waals surface area contributed by atoms with Gasteiger partial charge in [0.25, 0.3) is 0 Å². The van der Waals surface area contributed by atoms with E-state index in [1.54, 1.807) is 12.1 Å². The van der Waals surface area contributed by atoms with Crippen LogP contribution in [0.1, 0.15) is 37.9 Å². The van der Waals surface area contributed by atoms with Gasteiger partial charge in [0.1, 0.15) is 5.82 Å². The van der Waals surface area contributed by atoms with Gasteiger partial charge in [0.15, 0.2) is 0 Å². The third-order valence-corrected chi connectivity index (χ3v) is 3.96. The van der Waals surface area contributed by atoms with Gasteiger partial charge in [-0.2, -0.15) is 0 Å². The maximum atomic E-state index is 13.1. The van der Waals surface area contributed by atoms with Crippen molar-refractivity contribution in [3.05, 3.63) is 35.6 Å². The summed E-state index contributed by atoms with van der Waals surface area (Å²) in [5.41, 5.74) is 0.640. The molecule has 1 aromatic rings. The molecule has 1 fully saturated rings. The zero-order chi connectivity index (χ0) is 14.4. The molecule has 4 heteroatoms. The predicted molar refractivity (Wildman–Crippen MR) is 79.1 cm³/mol. The summed E-state index contributed by atoms with van der Waals surface area (Å²) in [6.07, 6.45) is 2.81. The van der Waals surface area contributed by atoms with E-state index in [0.717, 1.165) is 25.9 Å². The first kappa shape index (κ1) is 15.4. The lowest BCUT2D eigenvalue weighted by Gasteiger charge is -2.32. The van der Waals surface area contributed by atoms with Gasteiger partial charge in [0.05, 0.1) is 6.10 Å². The molecular weight excluding hydrogens is 255 g/mol. The molecule has 0 amide bonds. The second kappa shape index (κ2) is 7.72. The van der Waals surface area contributed by atoms with E-state index in [1.165, 1.54) is 25.1 Å². The summed E-state index contributed by atoms with van der Waals surface area (Å²) in [7, 11) is 0. The van der Waals surface area contributed by atoms with E-state index in [1.807, 2.05) is 0 Å². The normalized spacial score (nSPS) is 19.1. The molecule has 2 N–H and O–H groups in total. The molecule has 2 rings (SSSR count). The van der Waals surface area contributed by atoms with E-state index in [-0.39, 0.29) is 5.82 Å². The molecule has 0 spiro atoms. The summed E-state index contributed by atoms with van der Waals surface area (Å²) >= 11 is 0. The number of nitrogens with one attached hydrogen (secondary N) is 1. The lowest BCUT2D eigenvalue weighted by Crippen LogP contribution is -2.43. The number of hydrogen-bond donors (Lipinski definition) is 2. The summed E-state index contributed by atoms with van der Waals surface area (Å²) in [4.78, 5) is 2.49. The highest BCUT2D eigenvalue weighted by Gasteiger charge is 2.19. The smallest absolute Gasteiger partial charge is 0.123 e. The van der Waals surface area contributed by atoms with Crippen LogP contribution in [0.5, 0.6) is 0 Å². The maximum Gasteiger partial charge on any atom is 0.123 e. The van der Waals surface area contributed by atoms with Crippen LogP contribution in [0.3, 0.4) is 0 Å². The van der Waals surface area contributed by atoms with Gasteiger partial charge in [-0.3, -0.25) is 0 Å². The van der Waals surface area contributed by atoms with E-state index in [4.69, 9.17) is 0 Å². The Labute approximate surface area is 120 Å². The molecule has 1 aromatic carbocycles. The Kier molecular flexibility index (Phi) is 5.95. The molecule has 0 bridgehead atoms. The van der Waals surface area contributed by atoms with Crippen molar-refractivity contribution in [3.63, 3.8) is 0 Å². The van der Waals surface area contributed by atoms with Crippen molar-refractivity contribution in [2.75, 3.05) is 26.2 Å². The fourth-order valence-corrected chi connectivity index (χ4v) is 2.79. The van der Waals surface area contributed by atoms with Crippen LogP contribution in [-0.4, -0.2) is 42.2 Å². The number of halogens is 1. The zero-order valence-corrected chi connectivity index (χ0v) is 12.2. The van der Waals surface area contributed by atoms with Crippen LogP contribution < -0.4 is 5.32 Å². The molecule has 1 aliphatic rings. The van der Waals surface area contributed by atoms with Gasteiger partial charge < -0.3 is 15.3 Å². The van der Waals surface area contributed by atoms with Gasteiger partial charge in [-0.1, -0.05) is 19.1 Å². The Balaban J connectivity index is 1.73. The van der Waals surface area contributed by atoms with Gasteiger partial charge in [-0.15, -0.1) is 0 Å². The number of likely N-dealkylation sites (tertiary alicyclic amines) is 1. The van der Waals surface area contributed by atoms with E-state index in [2.05, 4.69) is 17.1 Å². The van der Waals surface area contributed by atoms with E-state index < -0.39 is 6.10 Å². The third kappa shape index (κ3) is 4.54. The topological polar surface area (TPSA) is 35.5 Å². The Morgan fingerprint density at radius 3 is 2.80 bits per heavy atom. The van der Waals surface area contributed by atoms with Crippen LogP contribution in [0.15, 0.2) is 24.3 Å². The average Bonchev–Trinajstić information content (AvgIpc) is 2.46. The molecule has 3 nitrogen and oxygen atoms in total. The number of rotatable bonds is 6. The summed E-state index contributed by atoms with van der Waals surface area (Å²) in [6.45, 7) is 6.13. The molecule has 20 heavy (non-hydrogen) atoms. The molecule has 0 saturated carbocycles. The number of piperidine rings is 1. The number of benzene rings is 1. The SMILES string of the molecule is CCCN1CCC(NCC(O)c2cccc(F)c2)CC1. The Morgan fingerprint density at radius 2 is 2.15 bits per heavy atom. The first-order valence-electron chi connectivity index (χ1n) is 7.58. The molecule has 1 aliphatic heterocycles. The average molecular weight is 280 g/mol. The third-order valence-electron chi connectivity index (χ3n) is 3.96. The lowest BCUT2D eigenvalue weighted by atomic mass is 10.0. The predicted octanol–water partition coefficient (Wildman–Crippen LogP) is 2.32. The van der Waals surface area contributed by atoms with Gasteiger partial charge in [0, 0.05) is 12.6 Å². The van der Waals surface area contributed by atoms with E-state index >= 15 is 0 Å². The molecule has 1 unspecified atom stereocenters. The minimum Gasteiger partial charge on any atom is -0.387 e. The van der Waals surface area contributed by atoms with Crippen molar-refractivity contribution in [3.8, 4) is 0 Å². The second-order valence-electron chi connectivity index (χ2n) is 5.59. The van der Waals surface area contributed by atoms with Crippen LogP contribution in [-0.2, 0) is 0 Å². The Hall–Kier alpha value is -0.970.